The minimum Gasteiger partial charge on any atom is -0.378 e. The molecule has 4 heteroatoms. The summed E-state index contributed by atoms with van der Waals surface area (Å²) in [4.78, 5) is 14.1. The standard InChI is InChI=1S/C13H24N2O2/c1-10-4-3-6-15(9-10)13(16)14-12-5-7-17-11(2)8-12/h10-12H,3-9H2,1-2H3,(H,14,16). The number of rotatable bonds is 1. The van der Waals surface area contributed by atoms with Crippen LogP contribution in [0.4, 0.5) is 4.79 Å². The summed E-state index contributed by atoms with van der Waals surface area (Å²) in [6, 6.07) is 0.416. The van der Waals surface area contributed by atoms with E-state index in [-0.39, 0.29) is 12.1 Å². The Kier molecular flexibility index (Phi) is 4.26. The van der Waals surface area contributed by atoms with Gasteiger partial charge >= 0.3 is 6.03 Å². The molecule has 2 saturated heterocycles. The summed E-state index contributed by atoms with van der Waals surface area (Å²) in [5, 5.41) is 3.15. The highest BCUT2D eigenvalue weighted by molar-refractivity contribution is 5.74. The van der Waals surface area contributed by atoms with Gasteiger partial charge in [-0.1, -0.05) is 6.92 Å². The van der Waals surface area contributed by atoms with Crippen LogP contribution in [-0.4, -0.2) is 42.8 Å². The summed E-state index contributed by atoms with van der Waals surface area (Å²) in [6.07, 6.45) is 4.54. The monoisotopic (exact) mass is 240 g/mol. The van der Waals surface area contributed by atoms with E-state index in [9.17, 15) is 4.79 Å². The average Bonchev–Trinajstić information content (AvgIpc) is 2.29. The van der Waals surface area contributed by atoms with Crippen molar-refractivity contribution in [3.05, 3.63) is 0 Å². The highest BCUT2D eigenvalue weighted by atomic mass is 16.5. The SMILES string of the molecule is CC1CCCN(C(=O)NC2CCOC(C)C2)C1. The maximum Gasteiger partial charge on any atom is 0.317 e. The number of hydrogen-bond acceptors (Lipinski definition) is 2. The van der Waals surface area contributed by atoms with Gasteiger partial charge in [-0.2, -0.15) is 0 Å². The number of urea groups is 1. The molecule has 0 aromatic rings. The number of nitrogens with one attached hydrogen (secondary N) is 1. The normalized spacial score (nSPS) is 34.5. The Bertz CT molecular complexity index is 270. The van der Waals surface area contributed by atoms with Gasteiger partial charge in [0.05, 0.1) is 6.10 Å². The van der Waals surface area contributed by atoms with Crippen LogP contribution in [0.15, 0.2) is 0 Å². The quantitative estimate of drug-likeness (QED) is 0.761. The van der Waals surface area contributed by atoms with Gasteiger partial charge in [-0.3, -0.25) is 0 Å². The summed E-state index contributed by atoms with van der Waals surface area (Å²) < 4.78 is 5.49. The molecule has 0 aromatic heterocycles. The van der Waals surface area contributed by atoms with E-state index in [2.05, 4.69) is 19.2 Å². The second kappa shape index (κ2) is 5.71. The topological polar surface area (TPSA) is 41.6 Å². The van der Waals surface area contributed by atoms with Gasteiger partial charge in [0.15, 0.2) is 0 Å². The number of piperidine rings is 1. The van der Waals surface area contributed by atoms with Crippen molar-refractivity contribution in [2.24, 2.45) is 5.92 Å². The van der Waals surface area contributed by atoms with Gasteiger partial charge in [-0.15, -0.1) is 0 Å². The van der Waals surface area contributed by atoms with E-state index in [4.69, 9.17) is 4.74 Å². The van der Waals surface area contributed by atoms with Crippen LogP contribution in [0, 0.1) is 5.92 Å². The molecule has 2 rings (SSSR count). The zero-order valence-electron chi connectivity index (χ0n) is 10.9. The molecule has 2 aliphatic heterocycles. The second-order valence-corrected chi connectivity index (χ2v) is 5.55. The average molecular weight is 240 g/mol. The van der Waals surface area contributed by atoms with Crippen molar-refractivity contribution < 1.29 is 9.53 Å². The fraction of sp³-hybridized carbons (Fsp3) is 0.923. The van der Waals surface area contributed by atoms with Crippen LogP contribution in [-0.2, 0) is 4.74 Å². The lowest BCUT2D eigenvalue weighted by Gasteiger charge is -2.34. The smallest absolute Gasteiger partial charge is 0.317 e. The van der Waals surface area contributed by atoms with E-state index in [0.717, 1.165) is 39.0 Å². The number of carbonyl (C=O) groups excluding carboxylic acids is 1. The number of likely N-dealkylation sites (tertiary alicyclic amines) is 1. The molecule has 2 fully saturated rings. The highest BCUT2D eigenvalue weighted by Crippen LogP contribution is 2.17. The Morgan fingerprint density at radius 3 is 2.88 bits per heavy atom. The van der Waals surface area contributed by atoms with Crippen molar-refractivity contribution in [2.75, 3.05) is 19.7 Å². The van der Waals surface area contributed by atoms with E-state index in [1.54, 1.807) is 0 Å². The molecular formula is C13H24N2O2. The Morgan fingerprint density at radius 1 is 1.35 bits per heavy atom. The lowest BCUT2D eigenvalue weighted by molar-refractivity contribution is 0.0142. The van der Waals surface area contributed by atoms with Gasteiger partial charge in [0.2, 0.25) is 0 Å². The van der Waals surface area contributed by atoms with Gasteiger partial charge in [0.1, 0.15) is 0 Å². The molecule has 98 valence electrons. The minimum absolute atomic E-state index is 0.121. The first-order valence-corrected chi connectivity index (χ1v) is 6.82. The maximum absolute atomic E-state index is 12.1. The summed E-state index contributed by atoms with van der Waals surface area (Å²) in [5.74, 6) is 0.642. The molecule has 0 spiro atoms. The molecule has 0 radical (unpaired) electrons. The molecule has 0 aliphatic carbocycles. The van der Waals surface area contributed by atoms with Crippen LogP contribution < -0.4 is 5.32 Å². The van der Waals surface area contributed by atoms with Crippen molar-refractivity contribution in [1.82, 2.24) is 10.2 Å². The highest BCUT2D eigenvalue weighted by Gasteiger charge is 2.25. The van der Waals surface area contributed by atoms with Crippen LogP contribution in [0.5, 0.6) is 0 Å². The third-order valence-electron chi connectivity index (χ3n) is 3.76. The third kappa shape index (κ3) is 3.60. The van der Waals surface area contributed by atoms with Gasteiger partial charge < -0.3 is 15.0 Å². The molecule has 1 N–H and O–H groups in total. The molecule has 3 unspecified atom stereocenters. The van der Waals surface area contributed by atoms with Crippen molar-refractivity contribution in [1.29, 1.82) is 0 Å². The summed E-state index contributed by atoms with van der Waals surface area (Å²) in [7, 11) is 0. The fourth-order valence-corrected chi connectivity index (χ4v) is 2.77. The zero-order chi connectivity index (χ0) is 12.3. The van der Waals surface area contributed by atoms with E-state index in [0.29, 0.717) is 12.0 Å². The largest absolute Gasteiger partial charge is 0.378 e. The van der Waals surface area contributed by atoms with Gasteiger partial charge in [0, 0.05) is 25.7 Å². The third-order valence-corrected chi connectivity index (χ3v) is 3.76. The van der Waals surface area contributed by atoms with Crippen LogP contribution in [0.1, 0.15) is 39.5 Å². The van der Waals surface area contributed by atoms with Crippen molar-refractivity contribution in [3.63, 3.8) is 0 Å². The predicted octanol–water partition coefficient (Wildman–Crippen LogP) is 2.00. The predicted molar refractivity (Wildman–Crippen MR) is 66.9 cm³/mol. The van der Waals surface area contributed by atoms with Crippen molar-refractivity contribution in [3.8, 4) is 0 Å². The zero-order valence-corrected chi connectivity index (χ0v) is 10.9. The maximum atomic E-state index is 12.1. The molecule has 2 amide bonds. The molecule has 4 nitrogen and oxygen atoms in total. The lowest BCUT2D eigenvalue weighted by atomic mass is 10.0. The summed E-state index contributed by atoms with van der Waals surface area (Å²) >= 11 is 0. The lowest BCUT2D eigenvalue weighted by Crippen LogP contribution is -2.50. The number of ether oxygens (including phenoxy) is 1. The first-order chi connectivity index (χ1) is 8.15. The van der Waals surface area contributed by atoms with Gasteiger partial charge in [-0.05, 0) is 38.5 Å². The van der Waals surface area contributed by atoms with Crippen LogP contribution in [0.2, 0.25) is 0 Å². The summed E-state index contributed by atoms with van der Waals surface area (Å²) in [6.45, 7) is 6.87. The minimum atomic E-state index is 0.121. The van der Waals surface area contributed by atoms with Crippen LogP contribution in [0.25, 0.3) is 0 Å². The van der Waals surface area contributed by atoms with Gasteiger partial charge in [0.25, 0.3) is 0 Å². The van der Waals surface area contributed by atoms with Crippen molar-refractivity contribution >= 4 is 6.03 Å². The molecule has 2 heterocycles. The molecule has 0 saturated carbocycles. The Balaban J connectivity index is 1.79. The van der Waals surface area contributed by atoms with Crippen LogP contribution in [0.3, 0.4) is 0 Å². The molecule has 2 aliphatic rings. The number of nitrogens with zero attached hydrogens (tertiary/aromatic N) is 1. The first kappa shape index (κ1) is 12.7. The Hall–Kier alpha value is -0.770. The first-order valence-electron chi connectivity index (χ1n) is 6.82. The van der Waals surface area contributed by atoms with E-state index in [1.807, 2.05) is 4.90 Å². The number of hydrogen-bond donors (Lipinski definition) is 1. The van der Waals surface area contributed by atoms with E-state index >= 15 is 0 Å². The fourth-order valence-electron chi connectivity index (χ4n) is 2.77. The van der Waals surface area contributed by atoms with E-state index < -0.39 is 0 Å². The Morgan fingerprint density at radius 2 is 2.18 bits per heavy atom. The molecular weight excluding hydrogens is 216 g/mol. The van der Waals surface area contributed by atoms with Crippen LogP contribution >= 0.6 is 0 Å². The Labute approximate surface area is 104 Å². The van der Waals surface area contributed by atoms with E-state index in [1.165, 1.54) is 6.42 Å². The molecule has 0 bridgehead atoms. The molecule has 0 aromatic carbocycles. The van der Waals surface area contributed by atoms with Crippen molar-refractivity contribution in [2.45, 2.75) is 51.7 Å². The van der Waals surface area contributed by atoms with Gasteiger partial charge in [-0.25, -0.2) is 4.79 Å². The summed E-state index contributed by atoms with van der Waals surface area (Å²) in [5.41, 5.74) is 0. The second-order valence-electron chi connectivity index (χ2n) is 5.55. The number of amides is 2. The molecule has 17 heavy (non-hydrogen) atoms. The molecule has 3 atom stereocenters. The number of carbonyl (C=O) groups is 1.